The minimum Gasteiger partial charge on any atom is -0.465 e. The third kappa shape index (κ3) is 3.94. The second-order valence-corrected chi connectivity index (χ2v) is 5.29. The van der Waals surface area contributed by atoms with E-state index in [2.05, 4.69) is 4.98 Å². The lowest BCUT2D eigenvalue weighted by atomic mass is 9.85. The Kier molecular flexibility index (Phi) is 5.71. The van der Waals surface area contributed by atoms with Crippen molar-refractivity contribution in [1.82, 2.24) is 4.98 Å². The fraction of sp³-hybridized carbons (Fsp3) is 0.412. The average molecular weight is 357 g/mol. The van der Waals surface area contributed by atoms with E-state index in [1.807, 2.05) is 0 Å². The predicted octanol–water partition coefficient (Wildman–Crippen LogP) is 3.56. The molecule has 8 heteroatoms. The molecule has 0 aliphatic heterocycles. The Labute approximate surface area is 142 Å². The Morgan fingerprint density at radius 2 is 1.64 bits per heavy atom. The van der Waals surface area contributed by atoms with Gasteiger partial charge < -0.3 is 14.5 Å². The van der Waals surface area contributed by atoms with E-state index in [1.165, 1.54) is 19.9 Å². The zero-order valence-corrected chi connectivity index (χ0v) is 13.7. The van der Waals surface area contributed by atoms with Crippen molar-refractivity contribution in [3.05, 3.63) is 36.0 Å². The first-order valence-corrected chi connectivity index (χ1v) is 7.77. The van der Waals surface area contributed by atoms with Crippen LogP contribution in [0.2, 0.25) is 0 Å². The molecule has 5 nitrogen and oxygen atoms in total. The summed E-state index contributed by atoms with van der Waals surface area (Å²) < 4.78 is 50.9. The van der Waals surface area contributed by atoms with Gasteiger partial charge in [-0.3, -0.25) is 9.59 Å². The third-order valence-corrected chi connectivity index (χ3v) is 3.72. The number of aromatic nitrogens is 1. The van der Waals surface area contributed by atoms with E-state index in [4.69, 9.17) is 9.47 Å². The molecule has 0 amide bonds. The van der Waals surface area contributed by atoms with Gasteiger partial charge in [0.1, 0.15) is 5.92 Å². The van der Waals surface area contributed by atoms with Crippen molar-refractivity contribution in [2.24, 2.45) is 5.92 Å². The quantitative estimate of drug-likeness (QED) is 0.634. The first-order chi connectivity index (χ1) is 11.8. The van der Waals surface area contributed by atoms with Crippen molar-refractivity contribution in [1.29, 1.82) is 0 Å². The van der Waals surface area contributed by atoms with Crippen LogP contribution in [0.25, 0.3) is 10.9 Å². The number of carbonyl (C=O) groups is 2. The number of ether oxygens (including phenoxy) is 2. The van der Waals surface area contributed by atoms with Crippen LogP contribution in [0.3, 0.4) is 0 Å². The van der Waals surface area contributed by atoms with Gasteiger partial charge in [0.25, 0.3) is 0 Å². The van der Waals surface area contributed by atoms with Gasteiger partial charge >= 0.3 is 18.1 Å². The molecule has 0 radical (unpaired) electrons. The molecule has 2 rings (SSSR count). The molecule has 25 heavy (non-hydrogen) atoms. The topological polar surface area (TPSA) is 68.4 Å². The Morgan fingerprint density at radius 1 is 1.08 bits per heavy atom. The maximum absolute atomic E-state index is 13.8. The fourth-order valence-corrected chi connectivity index (χ4v) is 2.73. The molecule has 0 bridgehead atoms. The lowest BCUT2D eigenvalue weighted by Crippen LogP contribution is -2.40. The van der Waals surface area contributed by atoms with Gasteiger partial charge in [0.15, 0.2) is 5.92 Å². The molecule has 1 atom stereocenters. The highest BCUT2D eigenvalue weighted by Crippen LogP contribution is 2.44. The molecule has 1 heterocycles. The first-order valence-electron chi connectivity index (χ1n) is 7.77. The number of carbonyl (C=O) groups excluding carboxylic acids is 2. The highest BCUT2D eigenvalue weighted by molar-refractivity contribution is 5.97. The number of aromatic amines is 1. The summed E-state index contributed by atoms with van der Waals surface area (Å²) in [5.74, 6) is -7.01. The lowest BCUT2D eigenvalue weighted by molar-refractivity contribution is -0.188. The second kappa shape index (κ2) is 7.58. The number of esters is 2. The molecule has 0 spiro atoms. The molecule has 136 valence electrons. The van der Waals surface area contributed by atoms with E-state index >= 15 is 0 Å². The normalized spacial score (nSPS) is 13.0. The van der Waals surface area contributed by atoms with Crippen molar-refractivity contribution < 1.29 is 32.2 Å². The third-order valence-electron chi connectivity index (χ3n) is 3.72. The Balaban J connectivity index is 2.60. The highest BCUT2D eigenvalue weighted by atomic mass is 19.4. The van der Waals surface area contributed by atoms with Crippen LogP contribution in [0.15, 0.2) is 30.5 Å². The van der Waals surface area contributed by atoms with Crippen LogP contribution in [0, 0.1) is 5.92 Å². The zero-order chi connectivity index (χ0) is 18.6. The van der Waals surface area contributed by atoms with Gasteiger partial charge in [-0.25, -0.2) is 0 Å². The fourth-order valence-electron chi connectivity index (χ4n) is 2.73. The number of para-hydroxylation sites is 1. The predicted molar refractivity (Wildman–Crippen MR) is 83.9 cm³/mol. The Morgan fingerprint density at radius 3 is 2.16 bits per heavy atom. The number of hydrogen-bond acceptors (Lipinski definition) is 4. The first kappa shape index (κ1) is 18.8. The van der Waals surface area contributed by atoms with Crippen LogP contribution >= 0.6 is 0 Å². The SMILES string of the molecule is CCOC(=O)C(C(=O)OCC)C(c1c[nH]c2ccccc12)C(F)(F)F. The summed E-state index contributed by atoms with van der Waals surface area (Å²) in [6.07, 6.45) is -3.69. The standard InChI is InChI=1S/C17H18F3NO4/c1-3-24-15(22)13(16(23)25-4-2)14(17(18,19)20)11-9-21-12-8-6-5-7-10(11)12/h5-9,13-14,21H,3-4H2,1-2H3. The van der Waals surface area contributed by atoms with Gasteiger partial charge in [-0.15, -0.1) is 0 Å². The molecule has 0 saturated heterocycles. The number of halogens is 3. The molecule has 2 aromatic rings. The minimum absolute atomic E-state index is 0.146. The van der Waals surface area contributed by atoms with Crippen LogP contribution < -0.4 is 0 Å². The molecule has 1 N–H and O–H groups in total. The van der Waals surface area contributed by atoms with Gasteiger partial charge in [-0.2, -0.15) is 13.2 Å². The van der Waals surface area contributed by atoms with E-state index in [0.29, 0.717) is 5.52 Å². The summed E-state index contributed by atoms with van der Waals surface area (Å²) in [4.78, 5) is 27.0. The molecular formula is C17H18F3NO4. The van der Waals surface area contributed by atoms with Crippen LogP contribution in [0.1, 0.15) is 25.3 Å². The summed E-state index contributed by atoms with van der Waals surface area (Å²) in [6.45, 7) is 2.61. The van der Waals surface area contributed by atoms with Crippen molar-refractivity contribution in [3.8, 4) is 0 Å². The summed E-state index contributed by atoms with van der Waals surface area (Å²) in [5, 5.41) is 0.281. The summed E-state index contributed by atoms with van der Waals surface area (Å²) in [7, 11) is 0. The Bertz CT molecular complexity index is 736. The molecule has 0 aliphatic carbocycles. The van der Waals surface area contributed by atoms with Crippen molar-refractivity contribution in [2.45, 2.75) is 25.9 Å². The van der Waals surface area contributed by atoms with Gasteiger partial charge in [0, 0.05) is 17.1 Å². The van der Waals surface area contributed by atoms with Gasteiger partial charge in [0.05, 0.1) is 13.2 Å². The van der Waals surface area contributed by atoms with E-state index in [0.717, 1.165) is 6.20 Å². The van der Waals surface area contributed by atoms with Crippen molar-refractivity contribution in [2.75, 3.05) is 13.2 Å². The number of rotatable bonds is 6. The maximum Gasteiger partial charge on any atom is 0.397 e. The molecule has 0 saturated carbocycles. The zero-order valence-electron chi connectivity index (χ0n) is 13.7. The largest absolute Gasteiger partial charge is 0.465 e. The van der Waals surface area contributed by atoms with E-state index in [-0.39, 0.29) is 24.2 Å². The number of fused-ring (bicyclic) bond motifs is 1. The van der Waals surface area contributed by atoms with Crippen molar-refractivity contribution >= 4 is 22.8 Å². The van der Waals surface area contributed by atoms with Crippen LogP contribution in [-0.4, -0.2) is 36.3 Å². The van der Waals surface area contributed by atoms with E-state index in [9.17, 15) is 22.8 Å². The lowest BCUT2D eigenvalue weighted by Gasteiger charge is -2.26. The Hall–Kier alpha value is -2.51. The molecule has 0 aliphatic rings. The molecule has 1 aromatic heterocycles. The maximum atomic E-state index is 13.8. The van der Waals surface area contributed by atoms with E-state index < -0.39 is 30.0 Å². The summed E-state index contributed by atoms with van der Waals surface area (Å²) in [6, 6.07) is 6.35. The molecule has 1 unspecified atom stereocenters. The molecule has 1 aromatic carbocycles. The van der Waals surface area contributed by atoms with Gasteiger partial charge in [0.2, 0.25) is 0 Å². The average Bonchev–Trinajstić information content (AvgIpc) is 2.95. The van der Waals surface area contributed by atoms with Crippen LogP contribution in [-0.2, 0) is 19.1 Å². The van der Waals surface area contributed by atoms with E-state index in [1.54, 1.807) is 18.2 Å². The number of benzene rings is 1. The minimum atomic E-state index is -4.85. The molecular weight excluding hydrogens is 339 g/mol. The smallest absolute Gasteiger partial charge is 0.397 e. The number of nitrogens with one attached hydrogen (secondary N) is 1. The monoisotopic (exact) mass is 357 g/mol. The number of H-pyrrole nitrogens is 1. The van der Waals surface area contributed by atoms with Gasteiger partial charge in [-0.05, 0) is 25.5 Å². The van der Waals surface area contributed by atoms with Gasteiger partial charge in [-0.1, -0.05) is 18.2 Å². The number of hydrogen-bond donors (Lipinski definition) is 1. The number of alkyl halides is 3. The molecule has 0 fully saturated rings. The summed E-state index contributed by atoms with van der Waals surface area (Å²) in [5.41, 5.74) is 0.271. The highest BCUT2D eigenvalue weighted by Gasteiger charge is 2.53. The van der Waals surface area contributed by atoms with Crippen molar-refractivity contribution in [3.63, 3.8) is 0 Å². The van der Waals surface area contributed by atoms with Crippen LogP contribution in [0.5, 0.6) is 0 Å². The van der Waals surface area contributed by atoms with Crippen LogP contribution in [0.4, 0.5) is 13.2 Å². The summed E-state index contributed by atoms with van der Waals surface area (Å²) >= 11 is 0. The second-order valence-electron chi connectivity index (χ2n) is 5.29.